The molecular formula is C19H26N4OS. The molecule has 6 heteroatoms. The van der Waals surface area contributed by atoms with Gasteiger partial charge in [0.15, 0.2) is 5.16 Å². The first kappa shape index (κ1) is 18.0. The minimum Gasteiger partial charge on any atom is -0.338 e. The molecule has 5 nitrogen and oxygen atoms in total. The number of hydrogen-bond acceptors (Lipinski definition) is 4. The van der Waals surface area contributed by atoms with Crippen LogP contribution in [-0.2, 0) is 17.9 Å². The highest BCUT2D eigenvalue weighted by atomic mass is 32.2. The molecule has 1 heterocycles. The molecule has 1 amide bonds. The fourth-order valence-electron chi connectivity index (χ4n) is 2.94. The van der Waals surface area contributed by atoms with Gasteiger partial charge in [-0.3, -0.25) is 4.79 Å². The van der Waals surface area contributed by atoms with E-state index < -0.39 is 0 Å². The highest BCUT2D eigenvalue weighted by Crippen LogP contribution is 2.40. The molecule has 0 aliphatic heterocycles. The summed E-state index contributed by atoms with van der Waals surface area (Å²) in [4.78, 5) is 14.8. The van der Waals surface area contributed by atoms with Gasteiger partial charge < -0.3 is 9.47 Å². The summed E-state index contributed by atoms with van der Waals surface area (Å²) in [5.41, 5.74) is 1.16. The second kappa shape index (κ2) is 8.04. The Balaban J connectivity index is 1.67. The predicted octanol–water partition coefficient (Wildman–Crippen LogP) is 3.70. The molecule has 1 aromatic heterocycles. The number of hydrogen-bond donors (Lipinski definition) is 0. The van der Waals surface area contributed by atoms with E-state index in [1.807, 2.05) is 36.9 Å². The van der Waals surface area contributed by atoms with E-state index in [1.54, 1.807) is 0 Å². The Morgan fingerprint density at radius 2 is 2.00 bits per heavy atom. The summed E-state index contributed by atoms with van der Waals surface area (Å²) in [6, 6.07) is 10.1. The van der Waals surface area contributed by atoms with E-state index in [0.717, 1.165) is 23.1 Å². The lowest BCUT2D eigenvalue weighted by Gasteiger charge is -2.24. The van der Waals surface area contributed by atoms with Gasteiger partial charge in [-0.1, -0.05) is 42.1 Å². The Morgan fingerprint density at radius 1 is 1.28 bits per heavy atom. The number of aromatic nitrogens is 3. The van der Waals surface area contributed by atoms with Crippen molar-refractivity contribution in [2.45, 2.75) is 63.0 Å². The van der Waals surface area contributed by atoms with Crippen molar-refractivity contribution >= 4 is 17.7 Å². The molecule has 134 valence electrons. The normalized spacial score (nSPS) is 15.2. The second-order valence-corrected chi connectivity index (χ2v) is 7.77. The summed E-state index contributed by atoms with van der Waals surface area (Å²) in [5, 5.41) is 9.39. The van der Waals surface area contributed by atoms with E-state index in [1.165, 1.54) is 24.6 Å². The standard InChI is InChI=1S/C19H26N4OS/c1-4-22(13-15-9-7-6-8-10-15)18(24)14(3)25-19-21-20-17(16-11-12-16)23(19)5-2/h6-10,14,16H,4-5,11-13H2,1-3H3. The van der Waals surface area contributed by atoms with Gasteiger partial charge in [0.25, 0.3) is 0 Å². The zero-order valence-corrected chi connectivity index (χ0v) is 16.0. The minimum absolute atomic E-state index is 0.148. The van der Waals surface area contributed by atoms with Crippen LogP contribution in [0.25, 0.3) is 0 Å². The summed E-state index contributed by atoms with van der Waals surface area (Å²) in [7, 11) is 0. The van der Waals surface area contributed by atoms with Crippen LogP contribution in [-0.4, -0.2) is 37.4 Å². The number of carbonyl (C=O) groups excluding carboxylic acids is 1. The zero-order valence-electron chi connectivity index (χ0n) is 15.2. The molecule has 1 aliphatic carbocycles. The number of carbonyl (C=O) groups is 1. The highest BCUT2D eigenvalue weighted by molar-refractivity contribution is 8.00. The van der Waals surface area contributed by atoms with Crippen LogP contribution < -0.4 is 0 Å². The van der Waals surface area contributed by atoms with Crippen molar-refractivity contribution < 1.29 is 4.79 Å². The lowest BCUT2D eigenvalue weighted by Crippen LogP contribution is -2.36. The van der Waals surface area contributed by atoms with Crippen molar-refractivity contribution in [2.75, 3.05) is 6.54 Å². The molecule has 0 N–H and O–H groups in total. The summed E-state index contributed by atoms with van der Waals surface area (Å²) in [6.07, 6.45) is 2.41. The van der Waals surface area contributed by atoms with Crippen molar-refractivity contribution in [2.24, 2.45) is 0 Å². The Bertz CT molecular complexity index is 711. The van der Waals surface area contributed by atoms with Crippen LogP contribution >= 0.6 is 11.8 Å². The molecule has 0 radical (unpaired) electrons. The van der Waals surface area contributed by atoms with Gasteiger partial charge in [0.05, 0.1) is 5.25 Å². The Hall–Kier alpha value is -1.82. The number of nitrogens with zero attached hydrogens (tertiary/aromatic N) is 4. The Labute approximate surface area is 153 Å². The second-order valence-electron chi connectivity index (χ2n) is 6.46. The average molecular weight is 359 g/mol. The molecule has 0 saturated heterocycles. The molecule has 1 aromatic carbocycles. The van der Waals surface area contributed by atoms with E-state index in [0.29, 0.717) is 19.0 Å². The van der Waals surface area contributed by atoms with E-state index in [-0.39, 0.29) is 11.2 Å². The predicted molar refractivity (Wildman–Crippen MR) is 101 cm³/mol. The summed E-state index contributed by atoms with van der Waals surface area (Å²) < 4.78 is 2.17. The maximum Gasteiger partial charge on any atom is 0.236 e. The lowest BCUT2D eigenvalue weighted by molar-refractivity contribution is -0.130. The van der Waals surface area contributed by atoms with Crippen molar-refractivity contribution in [3.8, 4) is 0 Å². The number of thioether (sulfide) groups is 1. The van der Waals surface area contributed by atoms with E-state index in [9.17, 15) is 4.79 Å². The maximum absolute atomic E-state index is 12.9. The van der Waals surface area contributed by atoms with E-state index >= 15 is 0 Å². The molecule has 1 aliphatic rings. The number of amides is 1. The molecule has 1 atom stereocenters. The largest absolute Gasteiger partial charge is 0.338 e. The number of benzene rings is 1. The van der Waals surface area contributed by atoms with Gasteiger partial charge in [0.2, 0.25) is 5.91 Å². The third kappa shape index (κ3) is 4.24. The quantitative estimate of drug-likeness (QED) is 0.675. The zero-order chi connectivity index (χ0) is 17.8. The Morgan fingerprint density at radius 3 is 2.60 bits per heavy atom. The van der Waals surface area contributed by atoms with Gasteiger partial charge in [-0.25, -0.2) is 0 Å². The van der Waals surface area contributed by atoms with Crippen molar-refractivity contribution in [1.82, 2.24) is 19.7 Å². The summed E-state index contributed by atoms with van der Waals surface area (Å²) in [5.74, 6) is 1.80. The van der Waals surface area contributed by atoms with E-state index in [2.05, 4.69) is 33.8 Å². The lowest BCUT2D eigenvalue weighted by atomic mass is 10.2. The first-order chi connectivity index (χ1) is 12.1. The summed E-state index contributed by atoms with van der Waals surface area (Å²) in [6.45, 7) is 8.30. The molecule has 2 aromatic rings. The van der Waals surface area contributed by atoms with Crippen LogP contribution in [0.1, 0.15) is 50.9 Å². The SMILES string of the molecule is CCN(Cc1ccccc1)C(=O)C(C)Sc1nnc(C2CC2)n1CC. The molecular weight excluding hydrogens is 332 g/mol. The topological polar surface area (TPSA) is 51.0 Å². The first-order valence-electron chi connectivity index (χ1n) is 9.06. The summed E-state index contributed by atoms with van der Waals surface area (Å²) >= 11 is 1.52. The average Bonchev–Trinajstić information content (AvgIpc) is 3.41. The van der Waals surface area contributed by atoms with Crippen LogP contribution in [0.2, 0.25) is 0 Å². The van der Waals surface area contributed by atoms with Crippen molar-refractivity contribution in [1.29, 1.82) is 0 Å². The van der Waals surface area contributed by atoms with Crippen LogP contribution in [0.5, 0.6) is 0 Å². The Kier molecular flexibility index (Phi) is 5.78. The third-order valence-electron chi connectivity index (χ3n) is 4.54. The van der Waals surface area contributed by atoms with Gasteiger partial charge in [0.1, 0.15) is 5.82 Å². The van der Waals surface area contributed by atoms with Crippen LogP contribution in [0.15, 0.2) is 35.5 Å². The molecule has 3 rings (SSSR count). The maximum atomic E-state index is 12.9. The molecule has 1 fully saturated rings. The van der Waals surface area contributed by atoms with Crippen LogP contribution in [0, 0.1) is 0 Å². The molecule has 1 saturated carbocycles. The fourth-order valence-corrected chi connectivity index (χ4v) is 3.95. The smallest absolute Gasteiger partial charge is 0.236 e. The van der Waals surface area contributed by atoms with Gasteiger partial charge in [0, 0.05) is 25.6 Å². The van der Waals surface area contributed by atoms with Crippen molar-refractivity contribution in [3.63, 3.8) is 0 Å². The molecule has 1 unspecified atom stereocenters. The third-order valence-corrected chi connectivity index (χ3v) is 5.61. The van der Waals surface area contributed by atoms with Crippen LogP contribution in [0.3, 0.4) is 0 Å². The van der Waals surface area contributed by atoms with Gasteiger partial charge in [-0.2, -0.15) is 0 Å². The fraction of sp³-hybridized carbons (Fsp3) is 0.526. The van der Waals surface area contributed by atoms with E-state index in [4.69, 9.17) is 0 Å². The monoisotopic (exact) mass is 358 g/mol. The van der Waals surface area contributed by atoms with Crippen molar-refractivity contribution in [3.05, 3.63) is 41.7 Å². The van der Waals surface area contributed by atoms with Crippen LogP contribution in [0.4, 0.5) is 0 Å². The van der Waals surface area contributed by atoms with Gasteiger partial charge in [-0.15, -0.1) is 10.2 Å². The number of rotatable bonds is 8. The molecule has 0 spiro atoms. The molecule has 0 bridgehead atoms. The minimum atomic E-state index is -0.176. The van der Waals surface area contributed by atoms with Gasteiger partial charge >= 0.3 is 0 Å². The first-order valence-corrected chi connectivity index (χ1v) is 9.94. The van der Waals surface area contributed by atoms with Gasteiger partial charge in [-0.05, 0) is 39.2 Å². The molecule has 25 heavy (non-hydrogen) atoms. The highest BCUT2D eigenvalue weighted by Gasteiger charge is 2.31.